The lowest BCUT2D eigenvalue weighted by Gasteiger charge is -2.14. The molecule has 0 saturated heterocycles. The fraction of sp³-hybridized carbons (Fsp3) is 0.385. The van der Waals surface area contributed by atoms with Gasteiger partial charge in [-0.15, -0.1) is 11.6 Å². The number of rotatable bonds is 6. The normalized spacial score (nSPS) is 13.7. The van der Waals surface area contributed by atoms with Crippen molar-refractivity contribution < 1.29 is 24.5 Å². The zero-order valence-electron chi connectivity index (χ0n) is 10.6. The van der Waals surface area contributed by atoms with Crippen LogP contribution in [0.5, 0.6) is 5.75 Å². The predicted octanol–water partition coefficient (Wildman–Crippen LogP) is 2.01. The van der Waals surface area contributed by atoms with Crippen molar-refractivity contribution in [2.45, 2.75) is 25.3 Å². The van der Waals surface area contributed by atoms with Crippen LogP contribution in [0.25, 0.3) is 0 Å². The standard InChI is InChI=1S/C13H15ClO5/c1-3-19-10-6-8(11(15)7(2)14)4-5-9(10)12(16)13(17)18/h4-7,12,16H,3H2,1-2H3,(H,17,18). The molecule has 104 valence electrons. The van der Waals surface area contributed by atoms with Gasteiger partial charge in [-0.1, -0.05) is 12.1 Å². The molecule has 0 aliphatic heterocycles. The van der Waals surface area contributed by atoms with Crippen LogP contribution in [0.4, 0.5) is 0 Å². The molecule has 2 unspecified atom stereocenters. The molecular formula is C13H15ClO5. The largest absolute Gasteiger partial charge is 0.493 e. The van der Waals surface area contributed by atoms with Crippen molar-refractivity contribution in [2.24, 2.45) is 0 Å². The molecule has 5 nitrogen and oxygen atoms in total. The highest BCUT2D eigenvalue weighted by Crippen LogP contribution is 2.28. The Balaban J connectivity index is 3.21. The SMILES string of the molecule is CCOc1cc(C(=O)C(C)Cl)ccc1C(O)C(=O)O. The molecule has 1 aromatic rings. The number of ketones is 1. The van der Waals surface area contributed by atoms with Crippen LogP contribution in [0.3, 0.4) is 0 Å². The lowest BCUT2D eigenvalue weighted by Crippen LogP contribution is -2.14. The van der Waals surface area contributed by atoms with Gasteiger partial charge in [0.05, 0.1) is 12.0 Å². The number of ether oxygens (including phenoxy) is 1. The molecule has 0 bridgehead atoms. The highest BCUT2D eigenvalue weighted by molar-refractivity contribution is 6.33. The summed E-state index contributed by atoms with van der Waals surface area (Å²) in [5.41, 5.74) is 0.417. The number of hydrogen-bond acceptors (Lipinski definition) is 4. The first-order valence-electron chi connectivity index (χ1n) is 5.74. The van der Waals surface area contributed by atoms with Crippen LogP contribution < -0.4 is 4.74 Å². The number of Topliss-reactive ketones (excluding diaryl/α,β-unsaturated/α-hetero) is 1. The zero-order valence-corrected chi connectivity index (χ0v) is 11.3. The van der Waals surface area contributed by atoms with Gasteiger partial charge in [-0.3, -0.25) is 4.79 Å². The lowest BCUT2D eigenvalue weighted by atomic mass is 10.0. The van der Waals surface area contributed by atoms with Crippen LogP contribution in [0.15, 0.2) is 18.2 Å². The number of benzene rings is 1. The molecule has 0 radical (unpaired) electrons. The van der Waals surface area contributed by atoms with E-state index >= 15 is 0 Å². The van der Waals surface area contributed by atoms with Crippen LogP contribution in [-0.2, 0) is 4.79 Å². The Bertz CT molecular complexity index is 484. The number of carbonyl (C=O) groups excluding carboxylic acids is 1. The second kappa shape index (κ2) is 6.54. The van der Waals surface area contributed by atoms with Gasteiger partial charge < -0.3 is 14.9 Å². The molecule has 1 rings (SSSR count). The van der Waals surface area contributed by atoms with E-state index in [0.29, 0.717) is 5.56 Å². The second-order valence-corrected chi connectivity index (χ2v) is 4.56. The summed E-state index contributed by atoms with van der Waals surface area (Å²) in [6, 6.07) is 4.17. The number of carboxylic acids is 1. The molecule has 0 spiro atoms. The van der Waals surface area contributed by atoms with Gasteiger partial charge in [-0.2, -0.15) is 0 Å². The maximum Gasteiger partial charge on any atom is 0.337 e. The quantitative estimate of drug-likeness (QED) is 0.617. The topological polar surface area (TPSA) is 83.8 Å². The van der Waals surface area contributed by atoms with Gasteiger partial charge in [0.2, 0.25) is 0 Å². The minimum Gasteiger partial charge on any atom is -0.493 e. The Morgan fingerprint density at radius 3 is 2.53 bits per heavy atom. The molecule has 0 aliphatic rings. The Morgan fingerprint density at radius 2 is 2.05 bits per heavy atom. The van der Waals surface area contributed by atoms with Crippen molar-refractivity contribution in [3.05, 3.63) is 29.3 Å². The maximum absolute atomic E-state index is 11.7. The van der Waals surface area contributed by atoms with Crippen molar-refractivity contribution in [3.8, 4) is 5.75 Å². The maximum atomic E-state index is 11.7. The third kappa shape index (κ3) is 3.68. The molecule has 0 heterocycles. The number of aliphatic carboxylic acids is 1. The molecule has 2 N–H and O–H groups in total. The van der Waals surface area contributed by atoms with Crippen LogP contribution in [-0.4, -0.2) is 33.9 Å². The van der Waals surface area contributed by atoms with Crippen molar-refractivity contribution in [2.75, 3.05) is 6.61 Å². The van der Waals surface area contributed by atoms with Gasteiger partial charge in [0, 0.05) is 11.1 Å². The van der Waals surface area contributed by atoms with Gasteiger partial charge in [-0.05, 0) is 19.9 Å². The van der Waals surface area contributed by atoms with E-state index in [1.54, 1.807) is 13.8 Å². The lowest BCUT2D eigenvalue weighted by molar-refractivity contribution is -0.147. The number of carbonyl (C=O) groups is 2. The molecule has 2 atom stereocenters. The zero-order chi connectivity index (χ0) is 14.6. The number of carboxylic acid groups (broad SMARTS) is 1. The molecule has 0 amide bonds. The molecular weight excluding hydrogens is 272 g/mol. The molecule has 0 aromatic heterocycles. The first-order chi connectivity index (χ1) is 8.88. The third-order valence-electron chi connectivity index (χ3n) is 2.49. The van der Waals surface area contributed by atoms with E-state index in [4.69, 9.17) is 21.4 Å². The van der Waals surface area contributed by atoms with Crippen LogP contribution >= 0.6 is 11.6 Å². The third-order valence-corrected chi connectivity index (χ3v) is 2.69. The van der Waals surface area contributed by atoms with E-state index in [2.05, 4.69) is 0 Å². The average Bonchev–Trinajstić information content (AvgIpc) is 2.37. The van der Waals surface area contributed by atoms with Crippen molar-refractivity contribution in [3.63, 3.8) is 0 Å². The number of halogens is 1. The molecule has 1 aromatic carbocycles. The average molecular weight is 287 g/mol. The molecule has 0 saturated carbocycles. The van der Waals surface area contributed by atoms with Crippen molar-refractivity contribution in [1.82, 2.24) is 0 Å². The smallest absolute Gasteiger partial charge is 0.337 e. The summed E-state index contributed by atoms with van der Waals surface area (Å²) in [6.45, 7) is 3.55. The van der Waals surface area contributed by atoms with E-state index in [-0.39, 0.29) is 23.7 Å². The minimum absolute atomic E-state index is 0.105. The van der Waals surface area contributed by atoms with E-state index in [9.17, 15) is 14.7 Å². The highest BCUT2D eigenvalue weighted by Gasteiger charge is 2.22. The summed E-state index contributed by atoms with van der Waals surface area (Å²) in [5, 5.41) is 17.7. The summed E-state index contributed by atoms with van der Waals surface area (Å²) in [7, 11) is 0. The Morgan fingerprint density at radius 1 is 1.42 bits per heavy atom. The highest BCUT2D eigenvalue weighted by atomic mass is 35.5. The van der Waals surface area contributed by atoms with Crippen LogP contribution in [0.1, 0.15) is 35.9 Å². The van der Waals surface area contributed by atoms with Crippen LogP contribution in [0, 0.1) is 0 Å². The van der Waals surface area contributed by atoms with Crippen LogP contribution in [0.2, 0.25) is 0 Å². The predicted molar refractivity (Wildman–Crippen MR) is 69.9 cm³/mol. The minimum atomic E-state index is -1.70. The fourth-order valence-electron chi connectivity index (χ4n) is 1.56. The summed E-state index contributed by atoms with van der Waals surface area (Å²) in [5.74, 6) is -1.51. The first-order valence-corrected chi connectivity index (χ1v) is 6.18. The van der Waals surface area contributed by atoms with E-state index in [0.717, 1.165) is 0 Å². The number of aliphatic hydroxyl groups excluding tert-OH is 1. The number of hydrogen-bond donors (Lipinski definition) is 2. The van der Waals surface area contributed by atoms with Crippen molar-refractivity contribution >= 4 is 23.4 Å². The van der Waals surface area contributed by atoms with Gasteiger partial charge in [0.1, 0.15) is 5.75 Å². The van der Waals surface area contributed by atoms with E-state index < -0.39 is 17.5 Å². The first kappa shape index (κ1) is 15.5. The van der Waals surface area contributed by atoms with E-state index in [1.807, 2.05) is 0 Å². The summed E-state index contributed by atoms with van der Waals surface area (Å²) in [6.07, 6.45) is -1.70. The summed E-state index contributed by atoms with van der Waals surface area (Å²) >= 11 is 5.71. The van der Waals surface area contributed by atoms with Gasteiger partial charge >= 0.3 is 5.97 Å². The summed E-state index contributed by atoms with van der Waals surface area (Å²) in [4.78, 5) is 22.5. The summed E-state index contributed by atoms with van der Waals surface area (Å²) < 4.78 is 5.26. The van der Waals surface area contributed by atoms with E-state index in [1.165, 1.54) is 18.2 Å². The van der Waals surface area contributed by atoms with Crippen molar-refractivity contribution in [1.29, 1.82) is 0 Å². The monoisotopic (exact) mass is 286 g/mol. The molecule has 6 heteroatoms. The molecule has 0 fully saturated rings. The Hall–Kier alpha value is -1.59. The van der Waals surface area contributed by atoms with Gasteiger partial charge in [0.25, 0.3) is 0 Å². The Labute approximate surface area is 115 Å². The molecule has 19 heavy (non-hydrogen) atoms. The van der Waals surface area contributed by atoms with Gasteiger partial charge in [-0.25, -0.2) is 4.79 Å². The molecule has 0 aliphatic carbocycles. The second-order valence-electron chi connectivity index (χ2n) is 3.91. The number of alkyl halides is 1. The van der Waals surface area contributed by atoms with Gasteiger partial charge in [0.15, 0.2) is 11.9 Å². The number of aliphatic hydroxyl groups is 1. The fourth-order valence-corrected chi connectivity index (χ4v) is 1.68. The Kier molecular flexibility index (Phi) is 5.32.